The van der Waals surface area contributed by atoms with Crippen molar-refractivity contribution in [2.75, 3.05) is 19.6 Å². The number of likely N-dealkylation sites (tertiary alicyclic amines) is 1. The molecule has 2 rings (SSSR count). The fourth-order valence-corrected chi connectivity index (χ4v) is 3.51. The van der Waals surface area contributed by atoms with Crippen LogP contribution in [0.2, 0.25) is 0 Å². The van der Waals surface area contributed by atoms with Crippen LogP contribution in [0.5, 0.6) is 0 Å². The standard InChI is InChI=1S/C17H27F2N3O6/c1-15(2,3)28-12(23)16(4,5)6-7-21-11-10(8-22(21)14(26)27)20(13(24)25)9-17(11,18)19/h10-11H,6-9H2,1-5H3,(H,24,25)(H,26,27). The third-order valence-electron chi connectivity index (χ3n) is 4.95. The normalized spacial score (nSPS) is 25.0. The van der Waals surface area contributed by atoms with Gasteiger partial charge in [0.1, 0.15) is 11.6 Å². The van der Waals surface area contributed by atoms with Crippen LogP contribution >= 0.6 is 0 Å². The first-order valence-corrected chi connectivity index (χ1v) is 8.95. The van der Waals surface area contributed by atoms with E-state index in [0.717, 1.165) is 5.01 Å². The van der Waals surface area contributed by atoms with E-state index in [-0.39, 0.29) is 19.5 Å². The van der Waals surface area contributed by atoms with E-state index in [0.29, 0.717) is 9.91 Å². The topological polar surface area (TPSA) is 111 Å². The molecule has 0 aromatic carbocycles. The number of amides is 2. The summed E-state index contributed by atoms with van der Waals surface area (Å²) in [5.41, 5.74) is -1.77. The molecule has 2 fully saturated rings. The predicted molar refractivity (Wildman–Crippen MR) is 92.9 cm³/mol. The maximum absolute atomic E-state index is 14.5. The SMILES string of the molecule is CC(C)(C)OC(=O)C(C)(C)CCN1C2C(CN1C(=O)O)N(C(=O)O)CC2(F)F. The van der Waals surface area contributed by atoms with Crippen molar-refractivity contribution in [3.8, 4) is 0 Å². The second-order valence-electron chi connectivity index (χ2n) is 8.85. The summed E-state index contributed by atoms with van der Waals surface area (Å²) in [4.78, 5) is 35.8. The highest BCUT2D eigenvalue weighted by Gasteiger charge is 2.64. The minimum absolute atomic E-state index is 0.0536. The van der Waals surface area contributed by atoms with Gasteiger partial charge in [-0.2, -0.15) is 0 Å². The molecule has 0 aliphatic carbocycles. The number of hydrogen-bond donors (Lipinski definition) is 2. The number of hydrogen-bond acceptors (Lipinski definition) is 5. The van der Waals surface area contributed by atoms with Crippen LogP contribution in [-0.4, -0.2) is 86.5 Å². The Bertz CT molecular complexity index is 664. The van der Waals surface area contributed by atoms with Crippen molar-refractivity contribution < 1.29 is 38.1 Å². The Balaban J connectivity index is 2.21. The van der Waals surface area contributed by atoms with Gasteiger partial charge in [0.25, 0.3) is 5.92 Å². The van der Waals surface area contributed by atoms with Crippen LogP contribution in [0.15, 0.2) is 0 Å². The zero-order valence-electron chi connectivity index (χ0n) is 16.6. The Labute approximate surface area is 161 Å². The van der Waals surface area contributed by atoms with Crippen molar-refractivity contribution in [3.05, 3.63) is 0 Å². The summed E-state index contributed by atoms with van der Waals surface area (Å²) in [5, 5.41) is 20.3. The molecule has 0 saturated carbocycles. The zero-order valence-corrected chi connectivity index (χ0v) is 16.6. The third-order valence-corrected chi connectivity index (χ3v) is 4.95. The van der Waals surface area contributed by atoms with Crippen molar-refractivity contribution in [1.29, 1.82) is 0 Å². The van der Waals surface area contributed by atoms with Gasteiger partial charge >= 0.3 is 18.2 Å². The number of nitrogens with zero attached hydrogens (tertiary/aromatic N) is 3. The molecule has 2 N–H and O–H groups in total. The molecule has 0 bridgehead atoms. The molecule has 28 heavy (non-hydrogen) atoms. The van der Waals surface area contributed by atoms with Crippen molar-refractivity contribution in [3.63, 3.8) is 0 Å². The third kappa shape index (κ3) is 4.29. The van der Waals surface area contributed by atoms with Gasteiger partial charge in [-0.25, -0.2) is 28.4 Å². The van der Waals surface area contributed by atoms with Crippen LogP contribution in [-0.2, 0) is 9.53 Å². The first-order valence-electron chi connectivity index (χ1n) is 8.95. The van der Waals surface area contributed by atoms with Crippen LogP contribution in [0, 0.1) is 5.41 Å². The second-order valence-corrected chi connectivity index (χ2v) is 8.85. The number of carboxylic acid groups (broad SMARTS) is 2. The molecule has 0 radical (unpaired) electrons. The number of ether oxygens (including phenoxy) is 1. The molecular formula is C17H27F2N3O6. The quantitative estimate of drug-likeness (QED) is 0.688. The van der Waals surface area contributed by atoms with Crippen LogP contribution < -0.4 is 0 Å². The maximum Gasteiger partial charge on any atom is 0.422 e. The molecule has 160 valence electrons. The lowest BCUT2D eigenvalue weighted by Crippen LogP contribution is -2.52. The van der Waals surface area contributed by atoms with Gasteiger partial charge in [-0.05, 0) is 41.0 Å². The number of carbonyl (C=O) groups is 3. The molecule has 2 unspecified atom stereocenters. The van der Waals surface area contributed by atoms with E-state index in [1.165, 1.54) is 0 Å². The van der Waals surface area contributed by atoms with Crippen molar-refractivity contribution in [2.45, 2.75) is 64.6 Å². The van der Waals surface area contributed by atoms with E-state index in [4.69, 9.17) is 4.74 Å². The average Bonchev–Trinajstić information content (AvgIpc) is 3.00. The lowest BCUT2D eigenvalue weighted by atomic mass is 9.89. The fourth-order valence-electron chi connectivity index (χ4n) is 3.51. The summed E-state index contributed by atoms with van der Waals surface area (Å²) in [5.74, 6) is -3.94. The van der Waals surface area contributed by atoms with E-state index < -0.39 is 53.7 Å². The molecular weight excluding hydrogens is 380 g/mol. The lowest BCUT2D eigenvalue weighted by molar-refractivity contribution is -0.167. The van der Waals surface area contributed by atoms with Crippen LogP contribution in [0.25, 0.3) is 0 Å². The van der Waals surface area contributed by atoms with E-state index in [1.807, 2.05) is 0 Å². The van der Waals surface area contributed by atoms with Crippen LogP contribution in [0.4, 0.5) is 18.4 Å². The molecule has 2 atom stereocenters. The van der Waals surface area contributed by atoms with Gasteiger partial charge in [0.15, 0.2) is 0 Å². The number of halogens is 2. The van der Waals surface area contributed by atoms with Crippen molar-refractivity contribution in [2.24, 2.45) is 5.41 Å². The molecule has 2 aliphatic rings. The fraction of sp³-hybridized carbons (Fsp3) is 0.824. The Hall–Kier alpha value is -2.17. The molecule has 2 amide bonds. The number of fused-ring (bicyclic) bond motifs is 1. The van der Waals surface area contributed by atoms with E-state index >= 15 is 0 Å². The number of hydrazine groups is 1. The van der Waals surface area contributed by atoms with Crippen molar-refractivity contribution >= 4 is 18.2 Å². The summed E-state index contributed by atoms with van der Waals surface area (Å²) in [7, 11) is 0. The molecule has 0 spiro atoms. The minimum Gasteiger partial charge on any atom is -0.465 e. The molecule has 9 nitrogen and oxygen atoms in total. The molecule has 2 saturated heterocycles. The monoisotopic (exact) mass is 407 g/mol. The molecule has 0 aromatic heterocycles. The zero-order chi connectivity index (χ0) is 21.7. The average molecular weight is 407 g/mol. The molecule has 2 heterocycles. The van der Waals surface area contributed by atoms with Gasteiger partial charge in [-0.15, -0.1) is 0 Å². The first kappa shape index (κ1) is 22.1. The molecule has 11 heteroatoms. The minimum atomic E-state index is -3.41. The first-order chi connectivity index (χ1) is 12.6. The summed E-state index contributed by atoms with van der Waals surface area (Å²) in [6.45, 7) is 6.77. The van der Waals surface area contributed by atoms with E-state index in [9.17, 15) is 33.4 Å². The smallest absolute Gasteiger partial charge is 0.422 e. The molecule has 2 aliphatic heterocycles. The van der Waals surface area contributed by atoms with Gasteiger partial charge in [-0.3, -0.25) is 9.69 Å². The van der Waals surface area contributed by atoms with Crippen LogP contribution in [0.3, 0.4) is 0 Å². The van der Waals surface area contributed by atoms with E-state index in [1.54, 1.807) is 34.6 Å². The largest absolute Gasteiger partial charge is 0.465 e. The van der Waals surface area contributed by atoms with E-state index in [2.05, 4.69) is 0 Å². The molecule has 0 aromatic rings. The highest BCUT2D eigenvalue weighted by molar-refractivity contribution is 5.76. The Morgan fingerprint density at radius 2 is 1.68 bits per heavy atom. The summed E-state index contributed by atoms with van der Waals surface area (Å²) >= 11 is 0. The number of carbonyl (C=O) groups excluding carboxylic acids is 1. The summed E-state index contributed by atoms with van der Waals surface area (Å²) in [6.07, 6.45) is -2.92. The van der Waals surface area contributed by atoms with Gasteiger partial charge in [0.05, 0.1) is 24.5 Å². The Kier molecular flexibility index (Phi) is 5.54. The highest BCUT2D eigenvalue weighted by Crippen LogP contribution is 2.42. The van der Waals surface area contributed by atoms with Gasteiger partial charge in [0, 0.05) is 6.54 Å². The number of rotatable bonds is 4. The number of esters is 1. The maximum atomic E-state index is 14.5. The highest BCUT2D eigenvalue weighted by atomic mass is 19.3. The van der Waals surface area contributed by atoms with Gasteiger partial charge in [-0.1, -0.05) is 0 Å². The number of alkyl halides is 2. The second kappa shape index (κ2) is 7.02. The van der Waals surface area contributed by atoms with Gasteiger partial charge < -0.3 is 14.9 Å². The lowest BCUT2D eigenvalue weighted by Gasteiger charge is -2.35. The van der Waals surface area contributed by atoms with Crippen molar-refractivity contribution in [1.82, 2.24) is 14.9 Å². The summed E-state index contributed by atoms with van der Waals surface area (Å²) < 4.78 is 34.4. The Morgan fingerprint density at radius 1 is 1.11 bits per heavy atom. The summed E-state index contributed by atoms with van der Waals surface area (Å²) in [6, 6.07) is -2.78. The van der Waals surface area contributed by atoms with Crippen LogP contribution in [0.1, 0.15) is 41.0 Å². The van der Waals surface area contributed by atoms with Gasteiger partial charge in [0.2, 0.25) is 0 Å². The Morgan fingerprint density at radius 3 is 2.14 bits per heavy atom. The predicted octanol–water partition coefficient (Wildman–Crippen LogP) is 2.32.